The molecule has 0 saturated heterocycles. The maximum atomic E-state index is 11.3. The molecule has 2 heterocycles. The third-order valence-corrected chi connectivity index (χ3v) is 3.21. The van der Waals surface area contributed by atoms with Crippen LogP contribution >= 0.6 is 0 Å². The number of hydrogen-bond acceptors (Lipinski definition) is 5. The first-order chi connectivity index (χ1) is 9.90. The summed E-state index contributed by atoms with van der Waals surface area (Å²) in [7, 11) is 1.70. The van der Waals surface area contributed by atoms with Gasteiger partial charge in [0.2, 0.25) is 5.82 Å². The molecule has 0 bridgehead atoms. The third kappa shape index (κ3) is 3.18. The highest BCUT2D eigenvalue weighted by Crippen LogP contribution is 2.32. The molecular formula is C14H19N5O2. The Hall–Kier alpha value is -2.44. The summed E-state index contributed by atoms with van der Waals surface area (Å²) in [5.41, 5.74) is 2.44. The molecule has 0 radical (unpaired) electrons. The van der Waals surface area contributed by atoms with Crippen molar-refractivity contribution >= 4 is 11.5 Å². The minimum atomic E-state index is -0.377. The van der Waals surface area contributed by atoms with E-state index in [1.807, 2.05) is 32.9 Å². The van der Waals surface area contributed by atoms with Crippen LogP contribution in [-0.4, -0.2) is 19.7 Å². The van der Waals surface area contributed by atoms with Gasteiger partial charge in [0, 0.05) is 31.4 Å². The second-order valence-electron chi connectivity index (χ2n) is 5.28. The maximum Gasteiger partial charge on any atom is 0.334 e. The summed E-state index contributed by atoms with van der Waals surface area (Å²) in [4.78, 5) is 15.1. The van der Waals surface area contributed by atoms with E-state index < -0.39 is 0 Å². The highest BCUT2D eigenvalue weighted by atomic mass is 16.6. The van der Waals surface area contributed by atoms with Gasteiger partial charge in [-0.05, 0) is 18.6 Å². The fraction of sp³-hybridized carbons (Fsp3) is 0.429. The van der Waals surface area contributed by atoms with Crippen LogP contribution < -0.4 is 5.32 Å². The molecule has 0 aliphatic carbocycles. The Morgan fingerprint density at radius 2 is 2.14 bits per heavy atom. The van der Waals surface area contributed by atoms with Crippen molar-refractivity contribution in [2.24, 2.45) is 7.05 Å². The Morgan fingerprint density at radius 3 is 2.67 bits per heavy atom. The molecule has 2 aromatic rings. The van der Waals surface area contributed by atoms with Crippen LogP contribution in [-0.2, 0) is 13.6 Å². The fourth-order valence-corrected chi connectivity index (χ4v) is 2.09. The zero-order chi connectivity index (χ0) is 15.6. The molecule has 0 fully saturated rings. The van der Waals surface area contributed by atoms with Gasteiger partial charge in [0.05, 0.1) is 4.92 Å². The molecule has 0 aromatic carbocycles. The molecule has 0 atom stereocenters. The molecule has 7 heteroatoms. The second-order valence-corrected chi connectivity index (χ2v) is 5.28. The van der Waals surface area contributed by atoms with Crippen LogP contribution in [0.3, 0.4) is 0 Å². The smallest absolute Gasteiger partial charge is 0.334 e. The van der Waals surface area contributed by atoms with Crippen LogP contribution in [0.1, 0.15) is 36.7 Å². The normalized spacial score (nSPS) is 10.9. The summed E-state index contributed by atoms with van der Waals surface area (Å²) in [6.07, 6.45) is 1.76. The van der Waals surface area contributed by atoms with E-state index in [1.54, 1.807) is 13.2 Å². The Morgan fingerprint density at radius 1 is 1.43 bits per heavy atom. The molecule has 0 aliphatic heterocycles. The molecule has 0 saturated carbocycles. The van der Waals surface area contributed by atoms with Gasteiger partial charge in [-0.25, -0.2) is 4.68 Å². The topological polar surface area (TPSA) is 85.9 Å². The van der Waals surface area contributed by atoms with Crippen LogP contribution in [0, 0.1) is 17.0 Å². The molecule has 2 aromatic heterocycles. The quantitative estimate of drug-likeness (QED) is 0.675. The molecule has 7 nitrogen and oxygen atoms in total. The standard InChI is InChI=1S/C14H19N5O2/c1-9(2)12-13(19(20)21)14(18(4)17-12)16-8-11-6-5-10(3)15-7-11/h5-7,9,16H,8H2,1-4H3. The molecule has 112 valence electrons. The molecule has 2 rings (SSSR count). The van der Waals surface area contributed by atoms with E-state index in [4.69, 9.17) is 0 Å². The third-order valence-electron chi connectivity index (χ3n) is 3.21. The van der Waals surface area contributed by atoms with Gasteiger partial charge in [-0.3, -0.25) is 15.1 Å². The molecule has 21 heavy (non-hydrogen) atoms. The first-order valence-electron chi connectivity index (χ1n) is 6.76. The Labute approximate surface area is 123 Å². The van der Waals surface area contributed by atoms with E-state index in [-0.39, 0.29) is 16.5 Å². The minimum Gasteiger partial charge on any atom is -0.360 e. The van der Waals surface area contributed by atoms with E-state index in [0.717, 1.165) is 11.3 Å². The number of nitrogens with one attached hydrogen (secondary N) is 1. The van der Waals surface area contributed by atoms with Crippen LogP contribution in [0.5, 0.6) is 0 Å². The number of aromatic nitrogens is 3. The van der Waals surface area contributed by atoms with Gasteiger partial charge in [0.1, 0.15) is 5.69 Å². The van der Waals surface area contributed by atoms with Crippen molar-refractivity contribution in [2.45, 2.75) is 33.2 Å². The lowest BCUT2D eigenvalue weighted by atomic mass is 10.1. The predicted octanol–water partition coefficient (Wildman–Crippen LogP) is 2.77. The van der Waals surface area contributed by atoms with E-state index in [2.05, 4.69) is 15.4 Å². The predicted molar refractivity (Wildman–Crippen MR) is 80.3 cm³/mol. The molecule has 0 unspecified atom stereocenters. The average Bonchev–Trinajstić information content (AvgIpc) is 2.75. The summed E-state index contributed by atoms with van der Waals surface area (Å²) < 4.78 is 1.52. The largest absolute Gasteiger partial charge is 0.360 e. The van der Waals surface area contributed by atoms with Crippen LogP contribution in [0.25, 0.3) is 0 Å². The van der Waals surface area contributed by atoms with Crippen molar-refractivity contribution in [2.75, 3.05) is 5.32 Å². The minimum absolute atomic E-state index is 0.00630. The average molecular weight is 289 g/mol. The number of aryl methyl sites for hydroxylation is 2. The van der Waals surface area contributed by atoms with Crippen molar-refractivity contribution in [3.8, 4) is 0 Å². The Bertz CT molecular complexity index is 646. The number of nitro groups is 1. The lowest BCUT2D eigenvalue weighted by Crippen LogP contribution is -2.06. The summed E-state index contributed by atoms with van der Waals surface area (Å²) in [5.74, 6) is 0.414. The van der Waals surface area contributed by atoms with Crippen molar-refractivity contribution in [1.29, 1.82) is 0 Å². The molecule has 1 N–H and O–H groups in total. The Kier molecular flexibility index (Phi) is 4.21. The molecular weight excluding hydrogens is 270 g/mol. The summed E-state index contributed by atoms with van der Waals surface area (Å²) in [6.45, 7) is 6.16. The first-order valence-corrected chi connectivity index (χ1v) is 6.76. The molecule has 0 amide bonds. The highest BCUT2D eigenvalue weighted by molar-refractivity contribution is 5.60. The molecule has 0 aliphatic rings. The fourth-order valence-electron chi connectivity index (χ4n) is 2.09. The van der Waals surface area contributed by atoms with E-state index in [1.165, 1.54) is 4.68 Å². The number of hydrogen-bond donors (Lipinski definition) is 1. The highest BCUT2D eigenvalue weighted by Gasteiger charge is 2.28. The van der Waals surface area contributed by atoms with Crippen molar-refractivity contribution in [3.63, 3.8) is 0 Å². The zero-order valence-corrected chi connectivity index (χ0v) is 12.6. The summed E-state index contributed by atoms with van der Waals surface area (Å²) in [5, 5.41) is 18.7. The lowest BCUT2D eigenvalue weighted by Gasteiger charge is -2.06. The van der Waals surface area contributed by atoms with Gasteiger partial charge in [0.15, 0.2) is 0 Å². The van der Waals surface area contributed by atoms with Crippen LogP contribution in [0.2, 0.25) is 0 Å². The van der Waals surface area contributed by atoms with Gasteiger partial charge in [0.25, 0.3) is 0 Å². The van der Waals surface area contributed by atoms with Crippen molar-refractivity contribution in [3.05, 3.63) is 45.4 Å². The second kappa shape index (κ2) is 5.90. The van der Waals surface area contributed by atoms with Gasteiger partial charge < -0.3 is 5.32 Å². The van der Waals surface area contributed by atoms with Crippen molar-refractivity contribution < 1.29 is 4.92 Å². The number of rotatable bonds is 5. The van der Waals surface area contributed by atoms with Crippen LogP contribution in [0.4, 0.5) is 11.5 Å². The van der Waals surface area contributed by atoms with Gasteiger partial charge in [-0.2, -0.15) is 5.10 Å². The lowest BCUT2D eigenvalue weighted by molar-refractivity contribution is -0.384. The number of nitrogens with zero attached hydrogens (tertiary/aromatic N) is 4. The van der Waals surface area contributed by atoms with E-state index in [0.29, 0.717) is 18.1 Å². The number of pyridine rings is 1. The van der Waals surface area contributed by atoms with Gasteiger partial charge >= 0.3 is 5.69 Å². The number of anilines is 1. The monoisotopic (exact) mass is 289 g/mol. The SMILES string of the molecule is Cc1ccc(CNc2c([N+](=O)[O-])c(C(C)C)nn2C)cn1. The Balaban J connectivity index is 2.27. The summed E-state index contributed by atoms with van der Waals surface area (Å²) in [6, 6.07) is 3.86. The van der Waals surface area contributed by atoms with Gasteiger partial charge in [-0.1, -0.05) is 19.9 Å². The van der Waals surface area contributed by atoms with E-state index in [9.17, 15) is 10.1 Å². The van der Waals surface area contributed by atoms with Gasteiger partial charge in [-0.15, -0.1) is 0 Å². The first kappa shape index (κ1) is 15.0. The van der Waals surface area contributed by atoms with Crippen molar-refractivity contribution in [1.82, 2.24) is 14.8 Å². The van der Waals surface area contributed by atoms with E-state index >= 15 is 0 Å². The zero-order valence-electron chi connectivity index (χ0n) is 12.6. The maximum absolute atomic E-state index is 11.3. The van der Waals surface area contributed by atoms with Crippen LogP contribution in [0.15, 0.2) is 18.3 Å². The molecule has 0 spiro atoms. The summed E-state index contributed by atoms with van der Waals surface area (Å²) >= 11 is 0.